The number of nitro benzene ring substituents is 1. The van der Waals surface area contributed by atoms with Gasteiger partial charge in [-0.15, -0.1) is 0 Å². The molecule has 0 saturated carbocycles. The van der Waals surface area contributed by atoms with E-state index in [2.05, 4.69) is 11.9 Å². The third kappa shape index (κ3) is 1.86. The molecule has 0 unspecified atom stereocenters. The number of aryl methyl sites for hydroxylation is 2. The Bertz CT molecular complexity index is 579. The highest BCUT2D eigenvalue weighted by molar-refractivity contribution is 5.91. The first-order valence-electron chi connectivity index (χ1n) is 5.72. The van der Waals surface area contributed by atoms with Crippen LogP contribution in [-0.4, -0.2) is 9.91 Å². The van der Waals surface area contributed by atoms with Crippen molar-refractivity contribution in [3.05, 3.63) is 45.6 Å². The smallest absolute Gasteiger partial charge is 0.258 e. The van der Waals surface area contributed by atoms with E-state index in [-0.39, 0.29) is 10.6 Å². The molecule has 0 bridgehead atoms. The first-order chi connectivity index (χ1) is 8.19. The van der Waals surface area contributed by atoms with E-state index < -0.39 is 0 Å². The molecule has 0 amide bonds. The lowest BCUT2D eigenvalue weighted by Crippen LogP contribution is -1.99. The van der Waals surface area contributed by atoms with Gasteiger partial charge in [0.05, 0.1) is 4.92 Å². The summed E-state index contributed by atoms with van der Waals surface area (Å²) in [4.78, 5) is 14.8. The highest BCUT2D eigenvalue weighted by atomic mass is 16.6. The first kappa shape index (κ1) is 11.5. The maximum Gasteiger partial charge on any atom is 0.295 e. The molecule has 0 saturated heterocycles. The van der Waals surface area contributed by atoms with Crippen LogP contribution in [0.4, 0.5) is 5.69 Å². The molecule has 88 valence electrons. The molecule has 0 radical (unpaired) electrons. The molecular weight excluding hydrogens is 216 g/mol. The summed E-state index contributed by atoms with van der Waals surface area (Å²) in [5.41, 5.74) is 2.81. The van der Waals surface area contributed by atoms with Crippen LogP contribution in [0.5, 0.6) is 0 Å². The lowest BCUT2D eigenvalue weighted by molar-refractivity contribution is -0.383. The van der Waals surface area contributed by atoms with E-state index in [0.29, 0.717) is 5.52 Å². The van der Waals surface area contributed by atoms with Crippen LogP contribution in [0.2, 0.25) is 0 Å². The van der Waals surface area contributed by atoms with Crippen LogP contribution in [0.15, 0.2) is 24.4 Å². The third-order valence-electron chi connectivity index (χ3n) is 3.01. The fraction of sp³-hybridized carbons (Fsp3) is 0.308. The largest absolute Gasteiger partial charge is 0.295 e. The zero-order valence-corrected chi connectivity index (χ0v) is 9.93. The normalized spacial score (nSPS) is 10.7. The zero-order valence-electron chi connectivity index (χ0n) is 9.93. The number of nitrogens with zero attached hydrogens (tertiary/aromatic N) is 2. The van der Waals surface area contributed by atoms with Crippen molar-refractivity contribution < 1.29 is 4.92 Å². The number of rotatable bonds is 3. The minimum Gasteiger partial charge on any atom is -0.258 e. The summed E-state index contributed by atoms with van der Waals surface area (Å²) in [6.45, 7) is 4.08. The van der Waals surface area contributed by atoms with Gasteiger partial charge in [0.2, 0.25) is 0 Å². The Morgan fingerprint density at radius 3 is 2.71 bits per heavy atom. The van der Waals surface area contributed by atoms with Crippen LogP contribution in [0, 0.1) is 10.1 Å². The van der Waals surface area contributed by atoms with Gasteiger partial charge in [0.25, 0.3) is 5.69 Å². The van der Waals surface area contributed by atoms with Crippen LogP contribution >= 0.6 is 0 Å². The molecule has 0 fully saturated rings. The van der Waals surface area contributed by atoms with Gasteiger partial charge in [-0.05, 0) is 30.0 Å². The Morgan fingerprint density at radius 1 is 1.35 bits per heavy atom. The van der Waals surface area contributed by atoms with Crippen molar-refractivity contribution in [3.63, 3.8) is 0 Å². The molecule has 0 atom stereocenters. The maximum absolute atomic E-state index is 11.0. The predicted molar refractivity (Wildman–Crippen MR) is 67.2 cm³/mol. The van der Waals surface area contributed by atoms with Crippen LogP contribution in [0.3, 0.4) is 0 Å². The monoisotopic (exact) mass is 230 g/mol. The van der Waals surface area contributed by atoms with E-state index in [4.69, 9.17) is 0 Å². The fourth-order valence-electron chi connectivity index (χ4n) is 2.22. The summed E-state index contributed by atoms with van der Waals surface area (Å²) in [5.74, 6) is 0. The van der Waals surface area contributed by atoms with Crippen LogP contribution in [0.1, 0.15) is 25.0 Å². The summed E-state index contributed by atoms with van der Waals surface area (Å²) >= 11 is 0. The molecule has 0 aliphatic carbocycles. The summed E-state index contributed by atoms with van der Waals surface area (Å²) in [5, 5.41) is 12.0. The molecule has 4 heteroatoms. The summed E-state index contributed by atoms with van der Waals surface area (Å²) in [6, 6.07) is 5.39. The Hall–Kier alpha value is -1.97. The molecule has 2 rings (SSSR count). The first-order valence-corrected chi connectivity index (χ1v) is 5.72. The second-order valence-corrected chi connectivity index (χ2v) is 3.90. The minimum absolute atomic E-state index is 0.106. The zero-order chi connectivity index (χ0) is 12.4. The minimum atomic E-state index is -0.353. The molecule has 1 aromatic carbocycles. The van der Waals surface area contributed by atoms with Gasteiger partial charge in [0.15, 0.2) is 0 Å². The van der Waals surface area contributed by atoms with E-state index in [1.165, 1.54) is 5.56 Å². The number of hydrogen-bond donors (Lipinski definition) is 0. The number of benzene rings is 1. The number of fused-ring (bicyclic) bond motifs is 1. The number of non-ortho nitro benzene ring substituents is 1. The van der Waals surface area contributed by atoms with Gasteiger partial charge in [-0.2, -0.15) is 0 Å². The molecule has 0 N–H and O–H groups in total. The number of nitro groups is 1. The van der Waals surface area contributed by atoms with Gasteiger partial charge < -0.3 is 0 Å². The van der Waals surface area contributed by atoms with Gasteiger partial charge in [-0.1, -0.05) is 19.9 Å². The van der Waals surface area contributed by atoms with Crippen molar-refractivity contribution in [1.82, 2.24) is 4.98 Å². The van der Waals surface area contributed by atoms with E-state index in [9.17, 15) is 10.1 Å². The summed E-state index contributed by atoms with van der Waals surface area (Å²) in [6.07, 6.45) is 3.26. The molecule has 4 nitrogen and oxygen atoms in total. The molecule has 0 aliphatic rings. The SMILES string of the molecule is CCc1cc([N+](=O)[O-])c2ncccc2c1CC. The lowest BCUT2D eigenvalue weighted by Gasteiger charge is -2.09. The molecule has 17 heavy (non-hydrogen) atoms. The Morgan fingerprint density at radius 2 is 2.12 bits per heavy atom. The average Bonchev–Trinajstić information content (AvgIpc) is 2.36. The van der Waals surface area contributed by atoms with Crippen molar-refractivity contribution >= 4 is 16.6 Å². The van der Waals surface area contributed by atoms with Gasteiger partial charge in [-0.3, -0.25) is 10.1 Å². The highest BCUT2D eigenvalue weighted by Crippen LogP contribution is 2.30. The van der Waals surface area contributed by atoms with E-state index in [0.717, 1.165) is 23.8 Å². The van der Waals surface area contributed by atoms with Gasteiger partial charge in [-0.25, -0.2) is 4.98 Å². The van der Waals surface area contributed by atoms with E-state index in [1.807, 2.05) is 19.1 Å². The van der Waals surface area contributed by atoms with Crippen molar-refractivity contribution in [2.45, 2.75) is 26.7 Å². The predicted octanol–water partition coefficient (Wildman–Crippen LogP) is 3.27. The van der Waals surface area contributed by atoms with Crippen molar-refractivity contribution in [3.8, 4) is 0 Å². The average molecular weight is 230 g/mol. The summed E-state index contributed by atoms with van der Waals surface area (Å²) < 4.78 is 0. The maximum atomic E-state index is 11.0. The number of aromatic nitrogens is 1. The summed E-state index contributed by atoms with van der Waals surface area (Å²) in [7, 11) is 0. The Labute approximate surface area is 99.4 Å². The number of pyridine rings is 1. The van der Waals surface area contributed by atoms with Crippen LogP contribution in [-0.2, 0) is 12.8 Å². The van der Waals surface area contributed by atoms with Crippen LogP contribution in [0.25, 0.3) is 10.9 Å². The van der Waals surface area contributed by atoms with Crippen molar-refractivity contribution in [2.24, 2.45) is 0 Å². The van der Waals surface area contributed by atoms with Crippen molar-refractivity contribution in [1.29, 1.82) is 0 Å². The Kier molecular flexibility index (Phi) is 3.04. The van der Waals surface area contributed by atoms with Gasteiger partial charge >= 0.3 is 0 Å². The quantitative estimate of drug-likeness (QED) is 0.600. The third-order valence-corrected chi connectivity index (χ3v) is 3.01. The fourth-order valence-corrected chi connectivity index (χ4v) is 2.22. The molecular formula is C13H14N2O2. The Balaban J connectivity index is 2.89. The second-order valence-electron chi connectivity index (χ2n) is 3.90. The molecule has 1 aromatic heterocycles. The van der Waals surface area contributed by atoms with E-state index in [1.54, 1.807) is 12.3 Å². The van der Waals surface area contributed by atoms with Crippen molar-refractivity contribution in [2.75, 3.05) is 0 Å². The molecule has 1 heterocycles. The second kappa shape index (κ2) is 4.49. The van der Waals surface area contributed by atoms with Crippen LogP contribution < -0.4 is 0 Å². The van der Waals surface area contributed by atoms with Gasteiger partial charge in [0.1, 0.15) is 5.52 Å². The molecule has 0 aliphatic heterocycles. The molecule has 0 spiro atoms. The number of hydrogen-bond acceptors (Lipinski definition) is 3. The van der Waals surface area contributed by atoms with E-state index >= 15 is 0 Å². The highest BCUT2D eigenvalue weighted by Gasteiger charge is 2.17. The molecule has 2 aromatic rings. The topological polar surface area (TPSA) is 56.0 Å². The lowest BCUT2D eigenvalue weighted by atomic mass is 9.97. The standard InChI is InChI=1S/C13H14N2O2/c1-3-9-8-12(15(16)17)13-11(10(9)4-2)6-5-7-14-13/h5-8H,3-4H2,1-2H3. The van der Waals surface area contributed by atoms with Gasteiger partial charge in [0, 0.05) is 17.6 Å².